The fourth-order valence-corrected chi connectivity index (χ4v) is 3.47. The summed E-state index contributed by atoms with van der Waals surface area (Å²) in [5, 5.41) is 6.13. The van der Waals surface area contributed by atoms with Crippen LogP contribution in [0.25, 0.3) is 10.8 Å². The Morgan fingerprint density at radius 1 is 1.43 bits per heavy atom. The van der Waals surface area contributed by atoms with Crippen molar-refractivity contribution in [3.8, 4) is 10.8 Å². The van der Waals surface area contributed by atoms with Crippen LogP contribution in [0.4, 0.5) is 5.69 Å². The molecule has 0 aliphatic carbocycles. The van der Waals surface area contributed by atoms with E-state index in [1.165, 1.54) is 0 Å². The van der Waals surface area contributed by atoms with E-state index in [0.29, 0.717) is 11.9 Å². The molecule has 2 aromatic heterocycles. The van der Waals surface area contributed by atoms with Gasteiger partial charge in [0.25, 0.3) is 5.89 Å². The van der Waals surface area contributed by atoms with E-state index < -0.39 is 0 Å². The van der Waals surface area contributed by atoms with Gasteiger partial charge in [0.2, 0.25) is 0 Å². The van der Waals surface area contributed by atoms with E-state index in [-0.39, 0.29) is 0 Å². The van der Waals surface area contributed by atoms with Crippen LogP contribution >= 0.6 is 11.3 Å². The first-order chi connectivity index (χ1) is 10.0. The van der Waals surface area contributed by atoms with Crippen molar-refractivity contribution in [2.45, 2.75) is 19.4 Å². The van der Waals surface area contributed by atoms with E-state index in [1.807, 2.05) is 12.3 Å². The van der Waals surface area contributed by atoms with Gasteiger partial charge in [-0.15, -0.1) is 11.3 Å². The second-order valence-electron chi connectivity index (χ2n) is 5.78. The SMILES string of the molecule is Cc1csc(-c2nc(CC3CN(C)CCN3C)no2)c1N. The van der Waals surface area contributed by atoms with Gasteiger partial charge in [0.05, 0.1) is 5.69 Å². The van der Waals surface area contributed by atoms with Crippen molar-refractivity contribution in [3.05, 3.63) is 16.8 Å². The number of anilines is 1. The van der Waals surface area contributed by atoms with Crippen molar-refractivity contribution in [1.29, 1.82) is 0 Å². The maximum absolute atomic E-state index is 6.04. The zero-order chi connectivity index (χ0) is 15.0. The van der Waals surface area contributed by atoms with Crippen molar-refractivity contribution in [1.82, 2.24) is 19.9 Å². The first kappa shape index (κ1) is 14.5. The Hall–Kier alpha value is -1.44. The van der Waals surface area contributed by atoms with Crippen LogP contribution in [0.3, 0.4) is 0 Å². The first-order valence-corrected chi connectivity index (χ1v) is 7.98. The van der Waals surface area contributed by atoms with Crippen molar-refractivity contribution >= 4 is 17.0 Å². The number of hydrogen-bond acceptors (Lipinski definition) is 7. The number of nitrogen functional groups attached to an aromatic ring is 1. The van der Waals surface area contributed by atoms with Crippen molar-refractivity contribution < 1.29 is 4.52 Å². The molecular formula is C14H21N5OS. The molecule has 3 heterocycles. The molecule has 2 N–H and O–H groups in total. The lowest BCUT2D eigenvalue weighted by Gasteiger charge is -2.37. The van der Waals surface area contributed by atoms with Gasteiger partial charge in [-0.3, -0.25) is 0 Å². The van der Waals surface area contributed by atoms with Gasteiger partial charge < -0.3 is 20.1 Å². The van der Waals surface area contributed by atoms with Crippen LogP contribution in [-0.4, -0.2) is 59.7 Å². The summed E-state index contributed by atoms with van der Waals surface area (Å²) in [4.78, 5) is 10.1. The third-order valence-electron chi connectivity index (χ3n) is 4.08. The summed E-state index contributed by atoms with van der Waals surface area (Å²) in [6.45, 7) is 5.19. The molecule has 2 aromatic rings. The van der Waals surface area contributed by atoms with Crippen LogP contribution in [-0.2, 0) is 6.42 Å². The number of nitrogens with two attached hydrogens (primary N) is 1. The Kier molecular flexibility index (Phi) is 3.97. The third kappa shape index (κ3) is 2.95. The van der Waals surface area contributed by atoms with E-state index in [4.69, 9.17) is 10.3 Å². The number of nitrogens with zero attached hydrogens (tertiary/aromatic N) is 4. The minimum absolute atomic E-state index is 0.427. The van der Waals surface area contributed by atoms with Crippen LogP contribution in [0.2, 0.25) is 0 Å². The zero-order valence-corrected chi connectivity index (χ0v) is 13.5. The fourth-order valence-electron chi connectivity index (χ4n) is 2.58. The van der Waals surface area contributed by atoms with Gasteiger partial charge in [0.1, 0.15) is 4.88 Å². The lowest BCUT2D eigenvalue weighted by Crippen LogP contribution is -2.50. The van der Waals surface area contributed by atoms with Crippen LogP contribution in [0.5, 0.6) is 0 Å². The molecule has 1 atom stereocenters. The summed E-state index contributed by atoms with van der Waals surface area (Å²) in [5.74, 6) is 1.29. The highest BCUT2D eigenvalue weighted by Crippen LogP contribution is 2.33. The van der Waals surface area contributed by atoms with E-state index in [0.717, 1.165) is 48.0 Å². The van der Waals surface area contributed by atoms with Gasteiger partial charge >= 0.3 is 0 Å². The third-order valence-corrected chi connectivity index (χ3v) is 5.19. The van der Waals surface area contributed by atoms with Gasteiger partial charge in [-0.1, -0.05) is 5.16 Å². The molecule has 1 saturated heterocycles. The van der Waals surface area contributed by atoms with Crippen molar-refractivity contribution in [3.63, 3.8) is 0 Å². The Morgan fingerprint density at radius 2 is 2.24 bits per heavy atom. The predicted octanol–water partition coefficient (Wildman–Crippen LogP) is 1.48. The van der Waals surface area contributed by atoms with Crippen LogP contribution in [0.15, 0.2) is 9.90 Å². The number of rotatable bonds is 3. The average molecular weight is 307 g/mol. The second-order valence-corrected chi connectivity index (χ2v) is 6.66. The van der Waals surface area contributed by atoms with Crippen molar-refractivity contribution in [2.75, 3.05) is 39.5 Å². The highest BCUT2D eigenvalue weighted by Gasteiger charge is 2.25. The molecule has 1 fully saturated rings. The van der Waals surface area contributed by atoms with Gasteiger partial charge in [0, 0.05) is 32.1 Å². The summed E-state index contributed by atoms with van der Waals surface area (Å²) in [6.07, 6.45) is 0.800. The topological polar surface area (TPSA) is 71.4 Å². The summed E-state index contributed by atoms with van der Waals surface area (Å²) in [7, 11) is 4.30. The second kappa shape index (κ2) is 5.75. The summed E-state index contributed by atoms with van der Waals surface area (Å²) in [6, 6.07) is 0.427. The fraction of sp³-hybridized carbons (Fsp3) is 0.571. The molecule has 114 valence electrons. The van der Waals surface area contributed by atoms with Crippen LogP contribution in [0.1, 0.15) is 11.4 Å². The number of hydrogen-bond donors (Lipinski definition) is 1. The normalized spacial score (nSPS) is 21.0. The molecule has 0 bridgehead atoms. The zero-order valence-electron chi connectivity index (χ0n) is 12.7. The highest BCUT2D eigenvalue weighted by molar-refractivity contribution is 7.14. The molecule has 1 aliphatic heterocycles. The monoisotopic (exact) mass is 307 g/mol. The number of likely N-dealkylation sites (N-methyl/N-ethyl adjacent to an activating group) is 2. The largest absolute Gasteiger partial charge is 0.397 e. The molecule has 7 heteroatoms. The molecule has 3 rings (SSSR count). The molecule has 0 amide bonds. The minimum Gasteiger partial charge on any atom is -0.397 e. The lowest BCUT2D eigenvalue weighted by molar-refractivity contribution is 0.113. The molecule has 0 saturated carbocycles. The Morgan fingerprint density at radius 3 is 2.95 bits per heavy atom. The maximum Gasteiger partial charge on any atom is 0.270 e. The molecule has 1 aliphatic rings. The van der Waals surface area contributed by atoms with Gasteiger partial charge in [-0.25, -0.2) is 0 Å². The number of aromatic nitrogens is 2. The smallest absolute Gasteiger partial charge is 0.270 e. The van der Waals surface area contributed by atoms with E-state index in [9.17, 15) is 0 Å². The van der Waals surface area contributed by atoms with E-state index >= 15 is 0 Å². The number of thiophene rings is 1. The Labute approximate surface area is 128 Å². The predicted molar refractivity (Wildman–Crippen MR) is 84.4 cm³/mol. The molecule has 0 spiro atoms. The lowest BCUT2D eigenvalue weighted by atomic mass is 10.1. The molecule has 0 radical (unpaired) electrons. The Bertz CT molecular complexity index is 623. The van der Waals surface area contributed by atoms with Gasteiger partial charge in [-0.2, -0.15) is 4.98 Å². The molecule has 1 unspecified atom stereocenters. The quantitative estimate of drug-likeness (QED) is 0.926. The molecule has 0 aromatic carbocycles. The molecule has 6 nitrogen and oxygen atoms in total. The van der Waals surface area contributed by atoms with Crippen LogP contribution < -0.4 is 5.73 Å². The van der Waals surface area contributed by atoms with Gasteiger partial charge in [-0.05, 0) is 32.0 Å². The van der Waals surface area contributed by atoms with E-state index in [2.05, 4.69) is 34.0 Å². The minimum atomic E-state index is 0.427. The number of aryl methyl sites for hydroxylation is 1. The Balaban J connectivity index is 1.74. The summed E-state index contributed by atoms with van der Waals surface area (Å²) >= 11 is 1.55. The summed E-state index contributed by atoms with van der Waals surface area (Å²) < 4.78 is 5.39. The average Bonchev–Trinajstić information content (AvgIpc) is 3.03. The highest BCUT2D eigenvalue weighted by atomic mass is 32.1. The van der Waals surface area contributed by atoms with E-state index in [1.54, 1.807) is 11.3 Å². The number of piperazine rings is 1. The molecule has 21 heavy (non-hydrogen) atoms. The summed E-state index contributed by atoms with van der Waals surface area (Å²) in [5.41, 5.74) is 7.84. The van der Waals surface area contributed by atoms with Gasteiger partial charge in [0.15, 0.2) is 5.82 Å². The molecular weight excluding hydrogens is 286 g/mol. The maximum atomic E-state index is 6.04. The van der Waals surface area contributed by atoms with Crippen LogP contribution in [0, 0.1) is 6.92 Å². The standard InChI is InChI=1S/C14H21N5OS/c1-9-8-21-13(12(9)15)14-16-11(17-20-14)6-10-7-18(2)4-5-19(10)3/h8,10H,4-7,15H2,1-3H3. The van der Waals surface area contributed by atoms with Crippen molar-refractivity contribution in [2.24, 2.45) is 0 Å². The first-order valence-electron chi connectivity index (χ1n) is 7.10.